The molecule has 0 saturated carbocycles. The summed E-state index contributed by atoms with van der Waals surface area (Å²) < 4.78 is 0.756. The molecule has 1 heterocycles. The van der Waals surface area contributed by atoms with Crippen LogP contribution in [0.5, 0.6) is 0 Å². The lowest BCUT2D eigenvalue weighted by Gasteiger charge is -2.08. The van der Waals surface area contributed by atoms with Crippen molar-refractivity contribution in [2.45, 2.75) is 26.7 Å². The molecule has 4 heteroatoms. The Kier molecular flexibility index (Phi) is 4.03. The van der Waals surface area contributed by atoms with Crippen molar-refractivity contribution in [2.24, 2.45) is 0 Å². The first kappa shape index (κ1) is 13.5. The summed E-state index contributed by atoms with van der Waals surface area (Å²) in [6, 6.07) is 8.28. The van der Waals surface area contributed by atoms with Crippen LogP contribution in [0.2, 0.25) is 5.15 Å². The summed E-state index contributed by atoms with van der Waals surface area (Å²) >= 11 is 9.41. The van der Waals surface area contributed by atoms with Crippen molar-refractivity contribution in [1.82, 2.24) is 9.97 Å². The number of halogens is 2. The highest BCUT2D eigenvalue weighted by Gasteiger charge is 2.09. The van der Waals surface area contributed by atoms with Crippen molar-refractivity contribution in [3.05, 3.63) is 45.1 Å². The first-order valence-electron chi connectivity index (χ1n) is 5.79. The van der Waals surface area contributed by atoms with Gasteiger partial charge in [-0.15, -0.1) is 0 Å². The molecule has 2 nitrogen and oxygen atoms in total. The molecule has 2 rings (SSSR count). The topological polar surface area (TPSA) is 25.8 Å². The molecular formula is C14H14BrClN2. The second-order valence-corrected chi connectivity index (χ2v) is 5.67. The quantitative estimate of drug-likeness (QED) is 0.727. The zero-order valence-corrected chi connectivity index (χ0v) is 12.9. The van der Waals surface area contributed by atoms with Crippen molar-refractivity contribution in [2.75, 3.05) is 0 Å². The highest BCUT2D eigenvalue weighted by atomic mass is 79.9. The van der Waals surface area contributed by atoms with E-state index in [0.717, 1.165) is 15.7 Å². The van der Waals surface area contributed by atoms with Gasteiger partial charge in [0.15, 0.2) is 5.82 Å². The summed E-state index contributed by atoms with van der Waals surface area (Å²) in [6.45, 7) is 6.25. The molecule has 0 aliphatic heterocycles. The van der Waals surface area contributed by atoms with Gasteiger partial charge in [0.1, 0.15) is 5.15 Å². The molecule has 1 aromatic carbocycles. The fraction of sp³-hybridized carbons (Fsp3) is 0.286. The maximum absolute atomic E-state index is 6.05. The van der Waals surface area contributed by atoms with Gasteiger partial charge in [0.25, 0.3) is 0 Å². The van der Waals surface area contributed by atoms with E-state index in [2.05, 4.69) is 51.9 Å². The Balaban J connectivity index is 2.43. The lowest BCUT2D eigenvalue weighted by Crippen LogP contribution is -1.95. The van der Waals surface area contributed by atoms with Crippen LogP contribution < -0.4 is 0 Å². The first-order chi connectivity index (χ1) is 8.49. The smallest absolute Gasteiger partial charge is 0.161 e. The maximum Gasteiger partial charge on any atom is 0.161 e. The third-order valence-electron chi connectivity index (χ3n) is 2.81. The highest BCUT2D eigenvalue weighted by Crippen LogP contribution is 2.27. The molecule has 0 spiro atoms. The molecular weight excluding hydrogens is 312 g/mol. The van der Waals surface area contributed by atoms with Gasteiger partial charge in [-0.25, -0.2) is 9.97 Å². The summed E-state index contributed by atoms with van der Waals surface area (Å²) in [5.41, 5.74) is 3.13. The van der Waals surface area contributed by atoms with E-state index in [1.807, 2.05) is 19.1 Å². The minimum Gasteiger partial charge on any atom is -0.232 e. The molecule has 94 valence electrons. The zero-order valence-electron chi connectivity index (χ0n) is 10.5. The van der Waals surface area contributed by atoms with E-state index in [1.165, 1.54) is 5.56 Å². The lowest BCUT2D eigenvalue weighted by atomic mass is 10.0. The molecule has 0 N–H and O–H groups in total. The minimum absolute atomic E-state index is 0.449. The summed E-state index contributed by atoms with van der Waals surface area (Å²) in [5, 5.41) is 0.449. The Hall–Kier alpha value is -0.930. The Bertz CT molecular complexity index is 542. The third-order valence-corrected chi connectivity index (χ3v) is 4.26. The van der Waals surface area contributed by atoms with Crippen LogP contribution in [0.15, 0.2) is 28.7 Å². The standard InChI is InChI=1S/C14H14BrClN2/c1-8(2)10-4-6-11(7-5-10)14-17-9(3)12(15)13(16)18-14/h4-8H,1-3H3. The second-order valence-electron chi connectivity index (χ2n) is 4.51. The number of nitrogens with zero attached hydrogens (tertiary/aromatic N) is 2. The lowest BCUT2D eigenvalue weighted by molar-refractivity contribution is 0.867. The molecule has 0 atom stereocenters. The molecule has 0 amide bonds. The molecule has 18 heavy (non-hydrogen) atoms. The largest absolute Gasteiger partial charge is 0.232 e. The zero-order chi connectivity index (χ0) is 13.3. The van der Waals surface area contributed by atoms with Gasteiger partial charge in [-0.3, -0.25) is 0 Å². The Morgan fingerprint density at radius 2 is 1.72 bits per heavy atom. The van der Waals surface area contributed by atoms with Gasteiger partial charge < -0.3 is 0 Å². The SMILES string of the molecule is Cc1nc(-c2ccc(C(C)C)cc2)nc(Cl)c1Br. The van der Waals surface area contributed by atoms with Crippen molar-refractivity contribution < 1.29 is 0 Å². The number of benzene rings is 1. The molecule has 0 unspecified atom stereocenters. The normalized spacial score (nSPS) is 11.0. The average Bonchev–Trinajstić information content (AvgIpc) is 2.35. The van der Waals surface area contributed by atoms with E-state index in [9.17, 15) is 0 Å². The summed E-state index contributed by atoms with van der Waals surface area (Å²) in [7, 11) is 0. The Labute approximate surface area is 121 Å². The van der Waals surface area contributed by atoms with Crippen LogP contribution in [0.1, 0.15) is 31.0 Å². The summed E-state index contributed by atoms with van der Waals surface area (Å²) in [6.07, 6.45) is 0. The Morgan fingerprint density at radius 3 is 2.22 bits per heavy atom. The van der Waals surface area contributed by atoms with Crippen LogP contribution in [-0.2, 0) is 0 Å². The summed E-state index contributed by atoms with van der Waals surface area (Å²) in [5.74, 6) is 1.19. The third kappa shape index (κ3) is 2.73. The van der Waals surface area contributed by atoms with E-state index >= 15 is 0 Å². The molecule has 1 aromatic heterocycles. The number of aromatic nitrogens is 2. The van der Waals surface area contributed by atoms with Crippen LogP contribution in [0, 0.1) is 6.92 Å². The van der Waals surface area contributed by atoms with Gasteiger partial charge in [0.2, 0.25) is 0 Å². The summed E-state index contributed by atoms with van der Waals surface area (Å²) in [4.78, 5) is 8.72. The monoisotopic (exact) mass is 324 g/mol. The van der Waals surface area contributed by atoms with Gasteiger partial charge in [0.05, 0.1) is 10.2 Å². The van der Waals surface area contributed by atoms with E-state index in [4.69, 9.17) is 11.6 Å². The van der Waals surface area contributed by atoms with Crippen LogP contribution in [-0.4, -0.2) is 9.97 Å². The minimum atomic E-state index is 0.449. The molecule has 0 fully saturated rings. The molecule has 0 aliphatic carbocycles. The van der Waals surface area contributed by atoms with E-state index in [1.54, 1.807) is 0 Å². The molecule has 0 aliphatic rings. The fourth-order valence-corrected chi connectivity index (χ4v) is 2.06. The number of hydrogen-bond donors (Lipinski definition) is 0. The Morgan fingerprint density at radius 1 is 1.11 bits per heavy atom. The highest BCUT2D eigenvalue weighted by molar-refractivity contribution is 9.10. The molecule has 2 aromatic rings. The van der Waals surface area contributed by atoms with E-state index < -0.39 is 0 Å². The predicted octanol–water partition coefficient (Wildman–Crippen LogP) is 4.99. The van der Waals surface area contributed by atoms with Gasteiger partial charge >= 0.3 is 0 Å². The van der Waals surface area contributed by atoms with Gasteiger partial charge in [-0.2, -0.15) is 0 Å². The van der Waals surface area contributed by atoms with Gasteiger partial charge in [0, 0.05) is 5.56 Å². The number of aryl methyl sites for hydroxylation is 1. The van der Waals surface area contributed by atoms with Crippen LogP contribution in [0.25, 0.3) is 11.4 Å². The van der Waals surface area contributed by atoms with Crippen molar-refractivity contribution in [3.63, 3.8) is 0 Å². The van der Waals surface area contributed by atoms with Crippen LogP contribution in [0.4, 0.5) is 0 Å². The maximum atomic E-state index is 6.05. The van der Waals surface area contributed by atoms with Crippen molar-refractivity contribution >= 4 is 27.5 Å². The second kappa shape index (κ2) is 5.37. The van der Waals surface area contributed by atoms with Crippen LogP contribution >= 0.6 is 27.5 Å². The van der Waals surface area contributed by atoms with E-state index in [-0.39, 0.29) is 0 Å². The first-order valence-corrected chi connectivity index (χ1v) is 6.96. The molecule has 0 bridgehead atoms. The van der Waals surface area contributed by atoms with Gasteiger partial charge in [-0.05, 0) is 34.3 Å². The fourth-order valence-electron chi connectivity index (χ4n) is 1.67. The van der Waals surface area contributed by atoms with Gasteiger partial charge in [-0.1, -0.05) is 49.7 Å². The van der Waals surface area contributed by atoms with Crippen LogP contribution in [0.3, 0.4) is 0 Å². The average molecular weight is 326 g/mol. The molecule has 0 saturated heterocycles. The predicted molar refractivity (Wildman–Crippen MR) is 79.0 cm³/mol. The van der Waals surface area contributed by atoms with Crippen molar-refractivity contribution in [1.29, 1.82) is 0 Å². The van der Waals surface area contributed by atoms with Crippen molar-refractivity contribution in [3.8, 4) is 11.4 Å². The van der Waals surface area contributed by atoms with E-state index in [0.29, 0.717) is 16.9 Å². The number of rotatable bonds is 2. The molecule has 0 radical (unpaired) electrons. The number of hydrogen-bond acceptors (Lipinski definition) is 2.